The molecule has 0 aliphatic heterocycles. The molecule has 1 aromatic carbocycles. The van der Waals surface area contributed by atoms with Gasteiger partial charge in [-0.15, -0.1) is 35.3 Å². The third-order valence-corrected chi connectivity index (χ3v) is 5.34. The predicted octanol–water partition coefficient (Wildman–Crippen LogP) is 4.20. The molecule has 2 N–H and O–H groups in total. The summed E-state index contributed by atoms with van der Waals surface area (Å²) in [6.45, 7) is 3.85. The summed E-state index contributed by atoms with van der Waals surface area (Å²) in [6, 6.07) is 14.5. The number of aliphatic imine (C=N–C) groups is 1. The highest BCUT2D eigenvalue weighted by Crippen LogP contribution is 2.13. The van der Waals surface area contributed by atoms with Crippen molar-refractivity contribution in [3.05, 3.63) is 70.2 Å². The zero-order chi connectivity index (χ0) is 18.9. The van der Waals surface area contributed by atoms with Crippen LogP contribution in [0.4, 0.5) is 0 Å². The van der Waals surface area contributed by atoms with Crippen molar-refractivity contribution < 1.29 is 0 Å². The van der Waals surface area contributed by atoms with E-state index < -0.39 is 0 Å². The summed E-state index contributed by atoms with van der Waals surface area (Å²) in [7, 11) is 1.81. The summed E-state index contributed by atoms with van der Waals surface area (Å²) in [4.78, 5) is 5.69. The first-order valence-corrected chi connectivity index (χ1v) is 10.2. The molecule has 0 bridgehead atoms. The zero-order valence-corrected chi connectivity index (χ0v) is 19.5. The molecule has 150 valence electrons. The number of thiophene rings is 1. The maximum atomic E-state index is 4.64. The highest BCUT2D eigenvalue weighted by molar-refractivity contribution is 14.0. The van der Waals surface area contributed by atoms with E-state index in [0.29, 0.717) is 0 Å². The molecule has 0 amide bonds. The Morgan fingerprint density at radius 2 is 1.86 bits per heavy atom. The van der Waals surface area contributed by atoms with Gasteiger partial charge in [0.1, 0.15) is 0 Å². The van der Waals surface area contributed by atoms with Gasteiger partial charge in [-0.3, -0.25) is 4.99 Å². The predicted molar refractivity (Wildman–Crippen MR) is 129 cm³/mol. The second-order valence-corrected chi connectivity index (χ2v) is 7.41. The van der Waals surface area contributed by atoms with Crippen molar-refractivity contribution in [2.75, 3.05) is 20.1 Å². The molecule has 2 heterocycles. The Labute approximate surface area is 188 Å². The van der Waals surface area contributed by atoms with Crippen molar-refractivity contribution in [3.63, 3.8) is 0 Å². The van der Waals surface area contributed by atoms with Crippen LogP contribution in [0.2, 0.25) is 0 Å². The average Bonchev–Trinajstić information content (AvgIpc) is 3.34. The molecule has 3 aromatic rings. The van der Waals surface area contributed by atoms with Crippen LogP contribution in [-0.4, -0.2) is 35.9 Å². The highest BCUT2D eigenvalue weighted by atomic mass is 127. The van der Waals surface area contributed by atoms with Crippen LogP contribution < -0.4 is 10.6 Å². The van der Waals surface area contributed by atoms with Gasteiger partial charge < -0.3 is 10.6 Å². The van der Waals surface area contributed by atoms with E-state index in [1.807, 2.05) is 29.9 Å². The maximum absolute atomic E-state index is 4.64. The Morgan fingerprint density at radius 3 is 2.57 bits per heavy atom. The second kappa shape index (κ2) is 11.9. The number of benzene rings is 1. The lowest BCUT2D eigenvalue weighted by atomic mass is 10.1. The van der Waals surface area contributed by atoms with E-state index in [1.54, 1.807) is 11.3 Å². The third-order valence-electron chi connectivity index (χ3n) is 4.40. The van der Waals surface area contributed by atoms with Gasteiger partial charge in [-0.1, -0.05) is 24.3 Å². The van der Waals surface area contributed by atoms with Gasteiger partial charge in [-0.2, -0.15) is 5.10 Å². The van der Waals surface area contributed by atoms with Crippen LogP contribution in [0.3, 0.4) is 0 Å². The number of para-hydroxylation sites is 1. The Balaban J connectivity index is 0.00000280. The number of aromatic nitrogens is 2. The minimum absolute atomic E-state index is 0. The number of rotatable bonds is 8. The molecule has 0 spiro atoms. The minimum atomic E-state index is 0. The number of guanidine groups is 1. The highest BCUT2D eigenvalue weighted by Gasteiger charge is 2.06. The molecule has 5 nitrogen and oxygen atoms in total. The van der Waals surface area contributed by atoms with Crippen molar-refractivity contribution in [2.24, 2.45) is 4.99 Å². The Bertz CT molecular complexity index is 843. The van der Waals surface area contributed by atoms with Gasteiger partial charge in [-0.05, 0) is 55.3 Å². The van der Waals surface area contributed by atoms with Gasteiger partial charge >= 0.3 is 0 Å². The van der Waals surface area contributed by atoms with Crippen molar-refractivity contribution in [1.82, 2.24) is 20.4 Å². The van der Waals surface area contributed by atoms with Crippen LogP contribution in [0.25, 0.3) is 5.69 Å². The van der Waals surface area contributed by atoms with Crippen LogP contribution >= 0.6 is 35.3 Å². The summed E-state index contributed by atoms with van der Waals surface area (Å²) < 4.78 is 1.96. The van der Waals surface area contributed by atoms with Crippen LogP contribution in [0, 0.1) is 6.92 Å². The average molecular weight is 509 g/mol. The molecule has 0 aliphatic rings. The minimum Gasteiger partial charge on any atom is -0.356 e. The van der Waals surface area contributed by atoms with Gasteiger partial charge in [0.25, 0.3) is 0 Å². The molecule has 3 rings (SSSR count). The van der Waals surface area contributed by atoms with E-state index >= 15 is 0 Å². The van der Waals surface area contributed by atoms with Crippen molar-refractivity contribution in [1.29, 1.82) is 0 Å². The number of nitrogens with zero attached hydrogens (tertiary/aromatic N) is 3. The number of nitrogens with one attached hydrogen (secondary N) is 2. The molecule has 7 heteroatoms. The number of halogens is 1. The summed E-state index contributed by atoms with van der Waals surface area (Å²) in [5, 5.41) is 13.5. The van der Waals surface area contributed by atoms with E-state index in [-0.39, 0.29) is 24.0 Å². The molecule has 0 fully saturated rings. The molecule has 28 heavy (non-hydrogen) atoms. The normalized spacial score (nSPS) is 11.1. The quantitative estimate of drug-likeness (QED) is 0.207. The number of hydrogen-bond donors (Lipinski definition) is 2. The van der Waals surface area contributed by atoms with Gasteiger partial charge in [0.05, 0.1) is 11.4 Å². The van der Waals surface area contributed by atoms with Gasteiger partial charge in [-0.25, -0.2) is 4.68 Å². The molecule has 0 unspecified atom stereocenters. The Morgan fingerprint density at radius 1 is 1.07 bits per heavy atom. The first kappa shape index (κ1) is 22.4. The standard InChI is InChI=1S/C21H27N5S.HI/c1-17-18(16-26(25-17)19-9-4-3-5-10-19)8-6-13-23-21(22-2)24-14-12-20-11-7-15-27-20;/h3-5,7,9-11,15-16H,6,8,12-14H2,1-2H3,(H2,22,23,24);1H. The Kier molecular flexibility index (Phi) is 9.49. The maximum Gasteiger partial charge on any atom is 0.190 e. The fraction of sp³-hybridized carbons (Fsp3) is 0.333. The monoisotopic (exact) mass is 509 g/mol. The number of hydrogen-bond acceptors (Lipinski definition) is 3. The van der Waals surface area contributed by atoms with Gasteiger partial charge in [0.15, 0.2) is 5.96 Å². The second-order valence-electron chi connectivity index (χ2n) is 6.38. The third kappa shape index (κ3) is 6.63. The van der Waals surface area contributed by atoms with Crippen molar-refractivity contribution in [2.45, 2.75) is 26.2 Å². The molecular weight excluding hydrogens is 481 g/mol. The largest absolute Gasteiger partial charge is 0.356 e. The smallest absolute Gasteiger partial charge is 0.190 e. The zero-order valence-electron chi connectivity index (χ0n) is 16.4. The van der Waals surface area contributed by atoms with Crippen LogP contribution in [0.15, 0.2) is 59.0 Å². The van der Waals surface area contributed by atoms with Gasteiger partial charge in [0, 0.05) is 31.2 Å². The lowest BCUT2D eigenvalue weighted by Gasteiger charge is -2.11. The van der Waals surface area contributed by atoms with Crippen LogP contribution in [0.1, 0.15) is 22.6 Å². The molecule has 0 radical (unpaired) electrons. The molecular formula is C21H28IN5S. The van der Waals surface area contributed by atoms with E-state index in [1.165, 1.54) is 10.4 Å². The van der Waals surface area contributed by atoms with E-state index in [9.17, 15) is 0 Å². The van der Waals surface area contributed by atoms with E-state index in [4.69, 9.17) is 0 Å². The molecule has 0 saturated heterocycles. The topological polar surface area (TPSA) is 54.2 Å². The lowest BCUT2D eigenvalue weighted by molar-refractivity contribution is 0.738. The number of aryl methyl sites for hydroxylation is 2. The Hall–Kier alpha value is -1.87. The molecule has 0 aliphatic carbocycles. The summed E-state index contributed by atoms with van der Waals surface area (Å²) in [5.74, 6) is 0.864. The molecule has 2 aromatic heterocycles. The first-order chi connectivity index (χ1) is 13.3. The molecule has 0 saturated carbocycles. The van der Waals surface area contributed by atoms with Crippen LogP contribution in [-0.2, 0) is 12.8 Å². The first-order valence-electron chi connectivity index (χ1n) is 9.33. The SMILES string of the molecule is CN=C(NCCCc1cn(-c2ccccc2)nc1C)NCCc1cccs1.I. The molecule has 0 atom stereocenters. The van der Waals surface area contributed by atoms with Gasteiger partial charge in [0.2, 0.25) is 0 Å². The fourth-order valence-electron chi connectivity index (χ4n) is 2.92. The van der Waals surface area contributed by atoms with Crippen LogP contribution in [0.5, 0.6) is 0 Å². The van der Waals surface area contributed by atoms with Crippen molar-refractivity contribution >= 4 is 41.3 Å². The van der Waals surface area contributed by atoms with Crippen molar-refractivity contribution in [3.8, 4) is 5.69 Å². The lowest BCUT2D eigenvalue weighted by Crippen LogP contribution is -2.38. The summed E-state index contributed by atoms with van der Waals surface area (Å²) >= 11 is 1.79. The fourth-order valence-corrected chi connectivity index (χ4v) is 3.63. The van der Waals surface area contributed by atoms with E-state index in [0.717, 1.165) is 49.7 Å². The van der Waals surface area contributed by atoms with E-state index in [2.05, 4.69) is 63.5 Å². The summed E-state index contributed by atoms with van der Waals surface area (Å²) in [6.07, 6.45) is 5.19. The summed E-state index contributed by atoms with van der Waals surface area (Å²) in [5.41, 5.74) is 3.49.